The van der Waals surface area contributed by atoms with Crippen LogP contribution in [0.3, 0.4) is 0 Å². The van der Waals surface area contributed by atoms with Gasteiger partial charge in [0.15, 0.2) is 0 Å². The topological polar surface area (TPSA) is 41.6 Å². The van der Waals surface area contributed by atoms with E-state index < -0.39 is 22.9 Å². The van der Waals surface area contributed by atoms with E-state index in [1.165, 1.54) is 23.9 Å². The summed E-state index contributed by atoms with van der Waals surface area (Å²) in [6, 6.07) is 10.9. The number of anilines is 2. The van der Waals surface area contributed by atoms with Crippen molar-refractivity contribution in [3.63, 3.8) is 0 Å². The fourth-order valence-electron chi connectivity index (χ4n) is 2.30. The van der Waals surface area contributed by atoms with Crippen LogP contribution in [0.25, 0.3) is 0 Å². The first-order valence-corrected chi connectivity index (χ1v) is 9.00. The van der Waals surface area contributed by atoms with Gasteiger partial charge in [0.1, 0.15) is 5.75 Å². The van der Waals surface area contributed by atoms with Crippen LogP contribution in [-0.4, -0.2) is 32.4 Å². The summed E-state index contributed by atoms with van der Waals surface area (Å²) in [6.45, 7) is 1.64. The SMILES string of the molecule is COc1ccc(SC(C)C(=O)Nc2ccc(N(C)C)cc2C(F)(F)F)cc1. The van der Waals surface area contributed by atoms with Crippen molar-refractivity contribution in [1.82, 2.24) is 0 Å². The summed E-state index contributed by atoms with van der Waals surface area (Å²) in [6.07, 6.45) is -4.57. The van der Waals surface area contributed by atoms with Gasteiger partial charge in [-0.1, -0.05) is 0 Å². The van der Waals surface area contributed by atoms with E-state index in [-0.39, 0.29) is 5.69 Å². The quantitative estimate of drug-likeness (QED) is 0.703. The highest BCUT2D eigenvalue weighted by molar-refractivity contribution is 8.00. The van der Waals surface area contributed by atoms with E-state index >= 15 is 0 Å². The van der Waals surface area contributed by atoms with Gasteiger partial charge in [0.05, 0.1) is 23.6 Å². The van der Waals surface area contributed by atoms with Crippen LogP contribution in [0.2, 0.25) is 0 Å². The van der Waals surface area contributed by atoms with Gasteiger partial charge in [-0.2, -0.15) is 13.2 Å². The highest BCUT2D eigenvalue weighted by atomic mass is 32.2. The number of rotatable bonds is 6. The van der Waals surface area contributed by atoms with Gasteiger partial charge in [0.25, 0.3) is 0 Å². The van der Waals surface area contributed by atoms with Gasteiger partial charge in [0, 0.05) is 24.7 Å². The highest BCUT2D eigenvalue weighted by Crippen LogP contribution is 2.37. The second-order valence-electron chi connectivity index (χ2n) is 6.05. The van der Waals surface area contributed by atoms with Crippen molar-refractivity contribution >= 4 is 29.0 Å². The number of hydrogen-bond acceptors (Lipinski definition) is 4. The number of thioether (sulfide) groups is 1. The van der Waals surface area contributed by atoms with Crippen LogP contribution in [0.4, 0.5) is 24.5 Å². The molecule has 4 nitrogen and oxygen atoms in total. The molecular formula is C19H21F3N2O2S. The van der Waals surface area contributed by atoms with E-state index in [0.717, 1.165) is 11.0 Å². The zero-order valence-corrected chi connectivity index (χ0v) is 16.2. The van der Waals surface area contributed by atoms with E-state index in [9.17, 15) is 18.0 Å². The fraction of sp³-hybridized carbons (Fsp3) is 0.316. The fourth-order valence-corrected chi connectivity index (χ4v) is 3.17. The maximum absolute atomic E-state index is 13.4. The molecule has 0 saturated carbocycles. The molecule has 0 heterocycles. The molecule has 1 atom stereocenters. The Bertz CT molecular complexity index is 793. The molecule has 0 radical (unpaired) electrons. The summed E-state index contributed by atoms with van der Waals surface area (Å²) in [5.74, 6) is 0.186. The number of methoxy groups -OCH3 is 1. The van der Waals surface area contributed by atoms with E-state index in [0.29, 0.717) is 11.4 Å². The Balaban J connectivity index is 2.15. The molecule has 27 heavy (non-hydrogen) atoms. The van der Waals surface area contributed by atoms with Gasteiger partial charge in [-0.15, -0.1) is 11.8 Å². The molecule has 1 N–H and O–H groups in total. The summed E-state index contributed by atoms with van der Waals surface area (Å²) in [5, 5.41) is 1.83. The van der Waals surface area contributed by atoms with Gasteiger partial charge in [-0.05, 0) is 49.4 Å². The van der Waals surface area contributed by atoms with Crippen molar-refractivity contribution in [2.24, 2.45) is 0 Å². The molecule has 1 amide bonds. The number of amides is 1. The summed E-state index contributed by atoms with van der Waals surface area (Å²) < 4.78 is 45.2. The molecule has 2 rings (SSSR count). The number of alkyl halides is 3. The molecule has 2 aromatic carbocycles. The average Bonchev–Trinajstić information content (AvgIpc) is 2.61. The summed E-state index contributed by atoms with van der Waals surface area (Å²) in [5.41, 5.74) is -0.718. The van der Waals surface area contributed by atoms with Crippen LogP contribution in [0.1, 0.15) is 12.5 Å². The number of benzene rings is 2. The Labute approximate surface area is 160 Å². The van der Waals surface area contributed by atoms with Gasteiger partial charge in [0.2, 0.25) is 5.91 Å². The first kappa shape index (κ1) is 21.0. The lowest BCUT2D eigenvalue weighted by Gasteiger charge is -2.20. The molecular weight excluding hydrogens is 377 g/mol. The van der Waals surface area contributed by atoms with Crippen molar-refractivity contribution in [2.45, 2.75) is 23.2 Å². The highest BCUT2D eigenvalue weighted by Gasteiger charge is 2.34. The molecule has 0 saturated heterocycles. The van der Waals surface area contributed by atoms with E-state index in [1.807, 2.05) is 0 Å². The maximum atomic E-state index is 13.4. The number of halogens is 3. The Hall–Kier alpha value is -2.35. The molecule has 0 aromatic heterocycles. The standard InChI is InChI=1S/C19H21F3N2O2S/c1-12(27-15-8-6-14(26-4)7-9-15)18(25)23-17-10-5-13(24(2)3)11-16(17)19(20,21)22/h5-12H,1-4H3,(H,23,25). The van der Waals surface area contributed by atoms with Crippen molar-refractivity contribution in [3.05, 3.63) is 48.0 Å². The Morgan fingerprint density at radius 1 is 1.15 bits per heavy atom. The largest absolute Gasteiger partial charge is 0.497 e. The number of hydrogen-bond donors (Lipinski definition) is 1. The van der Waals surface area contributed by atoms with Gasteiger partial charge < -0.3 is 15.0 Å². The Morgan fingerprint density at radius 3 is 2.30 bits per heavy atom. The van der Waals surface area contributed by atoms with E-state index in [1.54, 1.807) is 57.3 Å². The van der Waals surface area contributed by atoms with E-state index in [4.69, 9.17) is 4.74 Å². The smallest absolute Gasteiger partial charge is 0.418 e. The molecule has 8 heteroatoms. The Kier molecular flexibility index (Phi) is 6.64. The lowest BCUT2D eigenvalue weighted by atomic mass is 10.1. The second kappa shape index (κ2) is 8.56. The van der Waals surface area contributed by atoms with Crippen molar-refractivity contribution in [2.75, 3.05) is 31.4 Å². The number of nitrogens with one attached hydrogen (secondary N) is 1. The monoisotopic (exact) mass is 398 g/mol. The molecule has 0 aliphatic rings. The summed E-state index contributed by atoms with van der Waals surface area (Å²) in [4.78, 5) is 14.8. The van der Waals surface area contributed by atoms with Crippen LogP contribution < -0.4 is 15.0 Å². The average molecular weight is 398 g/mol. The van der Waals surface area contributed by atoms with Crippen molar-refractivity contribution in [1.29, 1.82) is 0 Å². The van der Waals surface area contributed by atoms with Crippen LogP contribution in [0.5, 0.6) is 5.75 Å². The second-order valence-corrected chi connectivity index (χ2v) is 7.46. The lowest BCUT2D eigenvalue weighted by molar-refractivity contribution is -0.136. The van der Waals surface area contributed by atoms with Crippen molar-refractivity contribution < 1.29 is 22.7 Å². The minimum atomic E-state index is -4.57. The molecule has 0 aliphatic carbocycles. The lowest BCUT2D eigenvalue weighted by Crippen LogP contribution is -2.24. The maximum Gasteiger partial charge on any atom is 0.418 e. The molecule has 146 valence electrons. The third-order valence-corrected chi connectivity index (χ3v) is 4.94. The molecule has 0 aliphatic heterocycles. The van der Waals surface area contributed by atoms with Crippen LogP contribution in [-0.2, 0) is 11.0 Å². The Morgan fingerprint density at radius 2 is 1.78 bits per heavy atom. The van der Waals surface area contributed by atoms with E-state index in [2.05, 4.69) is 5.32 Å². The van der Waals surface area contributed by atoms with Gasteiger partial charge in [-0.3, -0.25) is 4.79 Å². The van der Waals surface area contributed by atoms with Crippen LogP contribution in [0.15, 0.2) is 47.4 Å². The number of carbonyl (C=O) groups excluding carboxylic acids is 1. The third kappa shape index (κ3) is 5.56. The van der Waals surface area contributed by atoms with Gasteiger partial charge >= 0.3 is 6.18 Å². The summed E-state index contributed by atoms with van der Waals surface area (Å²) in [7, 11) is 4.86. The number of ether oxygens (including phenoxy) is 1. The molecule has 1 unspecified atom stereocenters. The zero-order valence-electron chi connectivity index (χ0n) is 15.4. The number of nitrogens with zero attached hydrogens (tertiary/aromatic N) is 1. The van der Waals surface area contributed by atoms with Crippen LogP contribution >= 0.6 is 11.8 Å². The summed E-state index contributed by atoms with van der Waals surface area (Å²) >= 11 is 1.25. The molecule has 0 fully saturated rings. The van der Waals surface area contributed by atoms with Crippen LogP contribution in [0, 0.1) is 0 Å². The molecule has 0 bridgehead atoms. The predicted molar refractivity (Wildman–Crippen MR) is 103 cm³/mol. The predicted octanol–water partition coefficient (Wildman–Crippen LogP) is 4.90. The van der Waals surface area contributed by atoms with Crippen molar-refractivity contribution in [3.8, 4) is 5.75 Å². The first-order valence-electron chi connectivity index (χ1n) is 8.12. The van der Waals surface area contributed by atoms with Gasteiger partial charge in [-0.25, -0.2) is 0 Å². The minimum absolute atomic E-state index is 0.250. The normalized spacial score (nSPS) is 12.4. The zero-order chi connectivity index (χ0) is 20.2. The molecule has 2 aromatic rings. The number of carbonyl (C=O) groups is 1. The first-order chi connectivity index (χ1) is 12.6. The third-order valence-electron chi connectivity index (χ3n) is 3.82. The molecule has 0 spiro atoms. The minimum Gasteiger partial charge on any atom is -0.497 e.